The predicted molar refractivity (Wildman–Crippen MR) is 99.5 cm³/mol. The lowest BCUT2D eigenvalue weighted by atomic mass is 9.99. The molecule has 0 spiro atoms. The van der Waals surface area contributed by atoms with Crippen molar-refractivity contribution < 1.29 is 28.7 Å². The molecule has 2 amide bonds. The Labute approximate surface area is 163 Å². The van der Waals surface area contributed by atoms with Gasteiger partial charge in [0.1, 0.15) is 11.6 Å². The Morgan fingerprint density at radius 1 is 1.25 bits per heavy atom. The number of carbonyl (C=O) groups is 2. The van der Waals surface area contributed by atoms with Gasteiger partial charge < -0.3 is 24.4 Å². The molecule has 9 heteroatoms. The van der Waals surface area contributed by atoms with Gasteiger partial charge in [0.2, 0.25) is 0 Å². The van der Waals surface area contributed by atoms with Crippen molar-refractivity contribution in [2.24, 2.45) is 0 Å². The van der Waals surface area contributed by atoms with Crippen LogP contribution in [0.1, 0.15) is 32.4 Å². The fourth-order valence-corrected chi connectivity index (χ4v) is 3.45. The number of aliphatic hydroxyl groups is 1. The molecule has 154 valence electrons. The number of carbonyl (C=O) groups excluding carboxylic acids is 2. The second-order valence-electron chi connectivity index (χ2n) is 7.87. The second kappa shape index (κ2) is 7.83. The first kappa shape index (κ1) is 20.2. The highest BCUT2D eigenvalue weighted by Gasteiger charge is 2.45. The number of hydrogen-bond acceptors (Lipinski definition) is 6. The first-order valence-electron chi connectivity index (χ1n) is 9.29. The van der Waals surface area contributed by atoms with E-state index in [9.17, 15) is 19.2 Å². The molecule has 2 saturated heterocycles. The van der Waals surface area contributed by atoms with E-state index in [1.54, 1.807) is 17.0 Å². The molecule has 0 aliphatic carbocycles. The Bertz CT molecular complexity index is 731. The summed E-state index contributed by atoms with van der Waals surface area (Å²) in [6.07, 6.45) is -2.43. The number of nitrogens with zero attached hydrogens (tertiary/aromatic N) is 3. The Morgan fingerprint density at radius 3 is 2.50 bits per heavy atom. The van der Waals surface area contributed by atoms with Gasteiger partial charge in [-0.1, -0.05) is 22.7 Å². The van der Waals surface area contributed by atoms with E-state index in [1.807, 2.05) is 37.8 Å². The highest BCUT2D eigenvalue weighted by molar-refractivity contribution is 5.71. The zero-order chi connectivity index (χ0) is 20.5. The van der Waals surface area contributed by atoms with Gasteiger partial charge in [-0.15, -0.1) is 5.12 Å². The van der Waals surface area contributed by atoms with E-state index in [2.05, 4.69) is 0 Å². The topological polar surface area (TPSA) is 82.5 Å². The SMILES string of the molecule is CC(C)(C)OC(=O)N1CCN(c2ccccc2C2C(CO)OC(=O)N2F)CC1. The summed E-state index contributed by atoms with van der Waals surface area (Å²) in [4.78, 5) is 27.5. The maximum atomic E-state index is 14.3. The molecule has 3 rings (SSSR count). The van der Waals surface area contributed by atoms with Crippen LogP contribution in [0, 0.1) is 0 Å². The molecule has 0 aromatic heterocycles. The Balaban J connectivity index is 1.74. The van der Waals surface area contributed by atoms with Crippen LogP contribution in [0.2, 0.25) is 0 Å². The summed E-state index contributed by atoms with van der Waals surface area (Å²) in [6.45, 7) is 6.99. The summed E-state index contributed by atoms with van der Waals surface area (Å²) in [7, 11) is 0. The Hall–Kier alpha value is -2.55. The van der Waals surface area contributed by atoms with Crippen LogP contribution in [0.4, 0.5) is 19.8 Å². The third-order valence-corrected chi connectivity index (χ3v) is 4.73. The quantitative estimate of drug-likeness (QED) is 0.792. The second-order valence-corrected chi connectivity index (χ2v) is 7.87. The maximum Gasteiger partial charge on any atom is 0.439 e. The van der Waals surface area contributed by atoms with Crippen LogP contribution in [0.3, 0.4) is 0 Å². The van der Waals surface area contributed by atoms with Gasteiger partial charge in [-0.2, -0.15) is 0 Å². The molecule has 0 saturated carbocycles. The van der Waals surface area contributed by atoms with E-state index < -0.39 is 30.4 Å². The Kier molecular flexibility index (Phi) is 5.64. The van der Waals surface area contributed by atoms with Crippen molar-refractivity contribution in [1.82, 2.24) is 10.0 Å². The van der Waals surface area contributed by atoms with Crippen LogP contribution < -0.4 is 4.90 Å². The molecule has 1 aromatic carbocycles. The van der Waals surface area contributed by atoms with Gasteiger partial charge in [0.25, 0.3) is 0 Å². The summed E-state index contributed by atoms with van der Waals surface area (Å²) in [6, 6.07) is 6.12. The summed E-state index contributed by atoms with van der Waals surface area (Å²) in [5, 5.41) is 9.51. The largest absolute Gasteiger partial charge is 0.444 e. The third kappa shape index (κ3) is 4.14. The van der Waals surface area contributed by atoms with Crippen LogP contribution in [0.25, 0.3) is 0 Å². The van der Waals surface area contributed by atoms with Crippen molar-refractivity contribution >= 4 is 17.9 Å². The first-order valence-corrected chi connectivity index (χ1v) is 9.29. The van der Waals surface area contributed by atoms with Gasteiger partial charge >= 0.3 is 12.2 Å². The van der Waals surface area contributed by atoms with Crippen molar-refractivity contribution in [2.75, 3.05) is 37.7 Å². The number of halogens is 1. The van der Waals surface area contributed by atoms with Crippen molar-refractivity contribution in [2.45, 2.75) is 38.5 Å². The predicted octanol–water partition coefficient (Wildman–Crippen LogP) is 2.48. The minimum atomic E-state index is -1.10. The van der Waals surface area contributed by atoms with E-state index in [0.717, 1.165) is 5.69 Å². The molecule has 28 heavy (non-hydrogen) atoms. The summed E-state index contributed by atoms with van der Waals surface area (Å²) >= 11 is 0. The number of cyclic esters (lactones) is 1. The number of hydrogen-bond donors (Lipinski definition) is 1. The van der Waals surface area contributed by atoms with Crippen molar-refractivity contribution in [3.63, 3.8) is 0 Å². The lowest BCUT2D eigenvalue weighted by molar-refractivity contribution is 0.0239. The summed E-state index contributed by atoms with van der Waals surface area (Å²) in [5.74, 6) is 0. The fourth-order valence-electron chi connectivity index (χ4n) is 3.45. The van der Waals surface area contributed by atoms with Gasteiger partial charge in [0, 0.05) is 37.4 Å². The van der Waals surface area contributed by atoms with Gasteiger partial charge in [0.15, 0.2) is 6.10 Å². The monoisotopic (exact) mass is 395 g/mol. The van der Waals surface area contributed by atoms with E-state index in [0.29, 0.717) is 31.7 Å². The number of aliphatic hydroxyl groups excluding tert-OH is 1. The van der Waals surface area contributed by atoms with Crippen molar-refractivity contribution in [3.8, 4) is 0 Å². The highest BCUT2D eigenvalue weighted by atomic mass is 19.2. The minimum Gasteiger partial charge on any atom is -0.444 e. The van der Waals surface area contributed by atoms with Crippen LogP contribution in [-0.4, -0.2) is 71.8 Å². The molecule has 2 aliphatic rings. The van der Waals surface area contributed by atoms with Crippen molar-refractivity contribution in [3.05, 3.63) is 29.8 Å². The van der Waals surface area contributed by atoms with Gasteiger partial charge in [-0.05, 0) is 26.8 Å². The molecular weight excluding hydrogens is 369 g/mol. The molecule has 8 nitrogen and oxygen atoms in total. The van der Waals surface area contributed by atoms with Gasteiger partial charge in [-0.25, -0.2) is 9.59 Å². The number of anilines is 1. The molecular formula is C19H26FN3O5. The van der Waals surface area contributed by atoms with Crippen LogP contribution in [-0.2, 0) is 9.47 Å². The first-order chi connectivity index (χ1) is 13.2. The fraction of sp³-hybridized carbons (Fsp3) is 0.579. The standard InChI is InChI=1S/C19H26FN3O5/c1-19(2,3)28-17(25)22-10-8-21(9-11-22)14-7-5-4-6-13(14)16-15(12-24)27-18(26)23(16)20/h4-7,15-16,24H,8-12H2,1-3H3. The van der Waals surface area contributed by atoms with Crippen LogP contribution in [0.15, 0.2) is 24.3 Å². The van der Waals surface area contributed by atoms with E-state index in [1.165, 1.54) is 0 Å². The summed E-state index contributed by atoms with van der Waals surface area (Å²) in [5.41, 5.74) is 0.746. The molecule has 1 N–H and O–H groups in total. The highest BCUT2D eigenvalue weighted by Crippen LogP contribution is 2.38. The summed E-state index contributed by atoms with van der Waals surface area (Å²) < 4.78 is 24.6. The lowest BCUT2D eigenvalue weighted by Gasteiger charge is -2.38. The number of amides is 2. The lowest BCUT2D eigenvalue weighted by Crippen LogP contribution is -2.50. The normalized spacial score (nSPS) is 23.0. The molecule has 0 bridgehead atoms. The number of ether oxygens (including phenoxy) is 2. The van der Waals surface area contributed by atoms with Crippen molar-refractivity contribution in [1.29, 1.82) is 0 Å². The molecule has 2 heterocycles. The minimum absolute atomic E-state index is 0.0245. The maximum absolute atomic E-state index is 14.3. The number of benzene rings is 1. The smallest absolute Gasteiger partial charge is 0.439 e. The number of para-hydroxylation sites is 1. The number of rotatable bonds is 3. The molecule has 2 fully saturated rings. The molecule has 0 radical (unpaired) electrons. The number of piperazine rings is 1. The van der Waals surface area contributed by atoms with E-state index in [4.69, 9.17) is 9.47 Å². The van der Waals surface area contributed by atoms with Crippen LogP contribution >= 0.6 is 0 Å². The molecule has 2 unspecified atom stereocenters. The van der Waals surface area contributed by atoms with Crippen LogP contribution in [0.5, 0.6) is 0 Å². The average Bonchev–Trinajstić information content (AvgIpc) is 2.94. The molecule has 1 aromatic rings. The average molecular weight is 395 g/mol. The zero-order valence-electron chi connectivity index (χ0n) is 16.3. The Morgan fingerprint density at radius 2 is 1.89 bits per heavy atom. The van der Waals surface area contributed by atoms with E-state index in [-0.39, 0.29) is 11.2 Å². The van der Waals surface area contributed by atoms with E-state index >= 15 is 0 Å². The molecule has 2 aliphatic heterocycles. The zero-order valence-corrected chi connectivity index (χ0v) is 16.3. The van der Waals surface area contributed by atoms with Gasteiger partial charge in [-0.3, -0.25) is 0 Å². The third-order valence-electron chi connectivity index (χ3n) is 4.73. The van der Waals surface area contributed by atoms with Gasteiger partial charge in [0.05, 0.1) is 6.61 Å². The molecule has 2 atom stereocenters.